The molecule has 3 nitrogen and oxygen atoms in total. The molecule has 1 aromatic carbocycles. The SMILES string of the molecule is Oc1c(Cl)nc(-c2ccccc2)nc1Cl. The first-order valence-electron chi connectivity index (χ1n) is 4.16. The Morgan fingerprint density at radius 1 is 0.933 bits per heavy atom. The van der Waals surface area contributed by atoms with Gasteiger partial charge in [-0.3, -0.25) is 0 Å². The second-order valence-corrected chi connectivity index (χ2v) is 3.56. The minimum Gasteiger partial charge on any atom is -0.503 e. The molecule has 0 bridgehead atoms. The van der Waals surface area contributed by atoms with Crippen LogP contribution in [0.25, 0.3) is 11.4 Å². The average Bonchev–Trinajstić information content (AvgIpc) is 2.26. The second-order valence-electron chi connectivity index (χ2n) is 2.84. The summed E-state index contributed by atoms with van der Waals surface area (Å²) in [5.74, 6) is 0.0985. The van der Waals surface area contributed by atoms with Gasteiger partial charge in [0.25, 0.3) is 0 Å². The lowest BCUT2D eigenvalue weighted by molar-refractivity contribution is 0.470. The number of halogens is 2. The van der Waals surface area contributed by atoms with E-state index in [1.54, 1.807) is 0 Å². The van der Waals surface area contributed by atoms with Gasteiger partial charge >= 0.3 is 0 Å². The summed E-state index contributed by atoms with van der Waals surface area (Å²) < 4.78 is 0. The van der Waals surface area contributed by atoms with Crippen LogP contribution in [-0.4, -0.2) is 15.1 Å². The van der Waals surface area contributed by atoms with E-state index in [4.69, 9.17) is 23.2 Å². The Morgan fingerprint density at radius 2 is 1.47 bits per heavy atom. The van der Waals surface area contributed by atoms with Gasteiger partial charge in [-0.15, -0.1) is 0 Å². The molecule has 0 spiro atoms. The minimum absolute atomic E-state index is 0.0474. The number of benzene rings is 1. The van der Waals surface area contributed by atoms with Crippen molar-refractivity contribution in [2.24, 2.45) is 0 Å². The van der Waals surface area contributed by atoms with Crippen LogP contribution in [0.2, 0.25) is 10.3 Å². The van der Waals surface area contributed by atoms with Gasteiger partial charge in [0.2, 0.25) is 0 Å². The highest BCUT2D eigenvalue weighted by Crippen LogP contribution is 2.30. The summed E-state index contributed by atoms with van der Waals surface area (Å²) >= 11 is 11.4. The van der Waals surface area contributed by atoms with Crippen molar-refractivity contribution in [3.05, 3.63) is 40.6 Å². The average molecular weight is 241 g/mol. The van der Waals surface area contributed by atoms with Gasteiger partial charge in [0, 0.05) is 5.56 Å². The normalized spacial score (nSPS) is 10.3. The van der Waals surface area contributed by atoms with E-state index in [9.17, 15) is 5.11 Å². The maximum atomic E-state index is 9.29. The van der Waals surface area contributed by atoms with Crippen LogP contribution in [0.3, 0.4) is 0 Å². The van der Waals surface area contributed by atoms with Crippen LogP contribution in [0.15, 0.2) is 30.3 Å². The Balaban J connectivity index is 2.56. The monoisotopic (exact) mass is 240 g/mol. The highest BCUT2D eigenvalue weighted by atomic mass is 35.5. The molecule has 15 heavy (non-hydrogen) atoms. The van der Waals surface area contributed by atoms with Crippen molar-refractivity contribution in [2.75, 3.05) is 0 Å². The van der Waals surface area contributed by atoms with Gasteiger partial charge in [0.1, 0.15) is 0 Å². The molecule has 1 heterocycles. The van der Waals surface area contributed by atoms with Crippen molar-refractivity contribution in [3.8, 4) is 17.1 Å². The lowest BCUT2D eigenvalue weighted by Gasteiger charge is -2.03. The number of nitrogens with zero attached hydrogens (tertiary/aromatic N) is 2. The Morgan fingerprint density at radius 3 is 2.00 bits per heavy atom. The summed E-state index contributed by atoms with van der Waals surface area (Å²) in [4.78, 5) is 7.85. The third kappa shape index (κ3) is 2.03. The lowest BCUT2D eigenvalue weighted by atomic mass is 10.2. The van der Waals surface area contributed by atoms with Crippen molar-refractivity contribution in [1.29, 1.82) is 0 Å². The van der Waals surface area contributed by atoms with Crippen molar-refractivity contribution < 1.29 is 5.11 Å². The number of aromatic hydroxyl groups is 1. The zero-order valence-electron chi connectivity index (χ0n) is 7.48. The van der Waals surface area contributed by atoms with Crippen LogP contribution < -0.4 is 0 Å². The molecule has 0 fully saturated rings. The molecule has 0 aliphatic carbocycles. The second kappa shape index (κ2) is 4.04. The number of aromatic nitrogens is 2. The Hall–Kier alpha value is -1.32. The Bertz CT molecular complexity index is 465. The molecule has 0 aliphatic rings. The quantitative estimate of drug-likeness (QED) is 0.780. The molecule has 1 aromatic heterocycles. The maximum absolute atomic E-state index is 9.29. The van der Waals surface area contributed by atoms with Gasteiger partial charge in [-0.2, -0.15) is 0 Å². The van der Waals surface area contributed by atoms with Crippen LogP contribution in [0, 0.1) is 0 Å². The first-order valence-corrected chi connectivity index (χ1v) is 4.91. The molecule has 0 amide bonds. The molecule has 2 rings (SSSR count). The van der Waals surface area contributed by atoms with Crippen molar-refractivity contribution >= 4 is 23.2 Å². The van der Waals surface area contributed by atoms with Crippen molar-refractivity contribution in [3.63, 3.8) is 0 Å². The van der Waals surface area contributed by atoms with Crippen LogP contribution >= 0.6 is 23.2 Å². The smallest absolute Gasteiger partial charge is 0.191 e. The predicted octanol–water partition coefficient (Wildman–Crippen LogP) is 3.16. The Labute approximate surface area is 96.3 Å². The summed E-state index contributed by atoms with van der Waals surface area (Å²) in [6, 6.07) is 9.26. The molecule has 0 unspecified atom stereocenters. The van der Waals surface area contributed by atoms with Crippen LogP contribution in [0.1, 0.15) is 0 Å². The van der Waals surface area contributed by atoms with Gasteiger partial charge in [0.15, 0.2) is 21.9 Å². The molecule has 0 saturated heterocycles. The third-order valence-electron chi connectivity index (χ3n) is 1.83. The molecule has 1 N–H and O–H groups in total. The fourth-order valence-corrected chi connectivity index (χ4v) is 1.51. The number of rotatable bonds is 1. The van der Waals surface area contributed by atoms with Gasteiger partial charge in [-0.1, -0.05) is 53.5 Å². The topological polar surface area (TPSA) is 46.0 Å². The molecular formula is C10H6Cl2N2O. The first kappa shape index (κ1) is 10.2. The number of hydrogen-bond acceptors (Lipinski definition) is 3. The highest BCUT2D eigenvalue weighted by molar-refractivity contribution is 6.35. The van der Waals surface area contributed by atoms with E-state index in [0.29, 0.717) is 5.82 Å². The Kier molecular flexibility index (Phi) is 2.75. The largest absolute Gasteiger partial charge is 0.503 e. The highest BCUT2D eigenvalue weighted by Gasteiger charge is 2.10. The van der Waals surface area contributed by atoms with E-state index >= 15 is 0 Å². The predicted molar refractivity (Wildman–Crippen MR) is 59.2 cm³/mol. The fraction of sp³-hybridized carbons (Fsp3) is 0. The van der Waals surface area contributed by atoms with E-state index in [-0.39, 0.29) is 16.1 Å². The standard InChI is InChI=1S/C10H6Cl2N2O/c11-8-7(15)9(12)14-10(13-8)6-4-2-1-3-5-6/h1-5,15H. The van der Waals surface area contributed by atoms with E-state index in [1.165, 1.54) is 0 Å². The van der Waals surface area contributed by atoms with Gasteiger partial charge in [0.05, 0.1) is 0 Å². The molecule has 76 valence electrons. The molecule has 0 aliphatic heterocycles. The van der Waals surface area contributed by atoms with Gasteiger partial charge in [-0.05, 0) is 0 Å². The summed E-state index contributed by atoms with van der Waals surface area (Å²) in [6.07, 6.45) is 0. The lowest BCUT2D eigenvalue weighted by Crippen LogP contribution is -1.90. The van der Waals surface area contributed by atoms with E-state index in [1.807, 2.05) is 30.3 Å². The maximum Gasteiger partial charge on any atom is 0.191 e. The summed E-state index contributed by atoms with van der Waals surface area (Å²) in [6.45, 7) is 0. The van der Waals surface area contributed by atoms with E-state index < -0.39 is 0 Å². The van der Waals surface area contributed by atoms with Gasteiger partial charge < -0.3 is 5.11 Å². The van der Waals surface area contributed by atoms with Crippen LogP contribution in [0.5, 0.6) is 5.75 Å². The van der Waals surface area contributed by atoms with Crippen molar-refractivity contribution in [2.45, 2.75) is 0 Å². The molecule has 0 radical (unpaired) electrons. The van der Waals surface area contributed by atoms with Crippen molar-refractivity contribution in [1.82, 2.24) is 9.97 Å². The fourth-order valence-electron chi connectivity index (χ4n) is 1.12. The van der Waals surface area contributed by atoms with Crippen LogP contribution in [-0.2, 0) is 0 Å². The molecule has 5 heteroatoms. The van der Waals surface area contributed by atoms with Crippen LogP contribution in [0.4, 0.5) is 0 Å². The molecule has 2 aromatic rings. The summed E-state index contributed by atoms with van der Waals surface area (Å²) in [5.41, 5.74) is 0.793. The number of hydrogen-bond donors (Lipinski definition) is 1. The minimum atomic E-state index is -0.294. The third-order valence-corrected chi connectivity index (χ3v) is 2.36. The molecular weight excluding hydrogens is 235 g/mol. The summed E-state index contributed by atoms with van der Waals surface area (Å²) in [7, 11) is 0. The molecule has 0 atom stereocenters. The van der Waals surface area contributed by atoms with Gasteiger partial charge in [-0.25, -0.2) is 9.97 Å². The molecule has 0 saturated carbocycles. The van der Waals surface area contributed by atoms with E-state index in [2.05, 4.69) is 9.97 Å². The zero-order chi connectivity index (χ0) is 10.8. The zero-order valence-corrected chi connectivity index (χ0v) is 9.00. The van der Waals surface area contributed by atoms with E-state index in [0.717, 1.165) is 5.56 Å². The first-order chi connectivity index (χ1) is 7.18. The summed E-state index contributed by atoms with van der Waals surface area (Å²) in [5, 5.41) is 9.19.